The lowest BCUT2D eigenvalue weighted by Crippen LogP contribution is -2.53. The van der Waals surface area contributed by atoms with E-state index in [0.29, 0.717) is 12.8 Å². The molecule has 0 saturated heterocycles. The fraction of sp³-hybridized carbons (Fsp3) is 0.583. The standard InChI is InChI=1S/C12H20N2OS/c1-4-12(13,5-2)11(15)14-9(3)10-7-6-8-16-10/h6-9H,4-5,13H2,1-3H3,(H,14,15)/t9-/m0/s1. The maximum absolute atomic E-state index is 12.0. The Kier molecular flexibility index (Phi) is 4.50. The molecule has 90 valence electrons. The molecule has 1 heterocycles. The molecule has 1 rings (SSSR count). The van der Waals surface area contributed by atoms with Gasteiger partial charge in [-0.15, -0.1) is 11.3 Å². The zero-order valence-corrected chi connectivity index (χ0v) is 10.9. The summed E-state index contributed by atoms with van der Waals surface area (Å²) in [4.78, 5) is 13.2. The summed E-state index contributed by atoms with van der Waals surface area (Å²) in [7, 11) is 0. The van der Waals surface area contributed by atoms with Crippen LogP contribution in [0.3, 0.4) is 0 Å². The van der Waals surface area contributed by atoms with Crippen LogP contribution in [-0.4, -0.2) is 11.4 Å². The van der Waals surface area contributed by atoms with E-state index in [0.717, 1.165) is 4.88 Å². The summed E-state index contributed by atoms with van der Waals surface area (Å²) in [5, 5.41) is 4.98. The molecule has 0 aliphatic heterocycles. The number of rotatable bonds is 5. The Morgan fingerprint density at radius 2 is 2.19 bits per heavy atom. The number of nitrogens with one attached hydrogen (secondary N) is 1. The first-order valence-corrected chi connectivity index (χ1v) is 6.54. The first-order valence-electron chi connectivity index (χ1n) is 5.66. The summed E-state index contributed by atoms with van der Waals surface area (Å²) in [5.41, 5.74) is 5.30. The van der Waals surface area contributed by atoms with Crippen molar-refractivity contribution in [2.75, 3.05) is 0 Å². The SMILES string of the molecule is CCC(N)(CC)C(=O)N[C@@H](C)c1cccs1. The van der Waals surface area contributed by atoms with Crippen molar-refractivity contribution in [2.45, 2.75) is 45.2 Å². The average molecular weight is 240 g/mol. The van der Waals surface area contributed by atoms with E-state index in [9.17, 15) is 4.79 Å². The summed E-state index contributed by atoms with van der Waals surface area (Å²) in [6.45, 7) is 5.87. The van der Waals surface area contributed by atoms with Crippen molar-refractivity contribution in [3.05, 3.63) is 22.4 Å². The van der Waals surface area contributed by atoms with Crippen LogP contribution in [0.25, 0.3) is 0 Å². The molecule has 16 heavy (non-hydrogen) atoms. The molecule has 0 aromatic carbocycles. The van der Waals surface area contributed by atoms with Crippen LogP contribution in [0.1, 0.15) is 44.5 Å². The van der Waals surface area contributed by atoms with E-state index in [4.69, 9.17) is 5.73 Å². The Morgan fingerprint density at radius 1 is 1.56 bits per heavy atom. The number of hydrogen-bond donors (Lipinski definition) is 2. The van der Waals surface area contributed by atoms with E-state index < -0.39 is 5.54 Å². The molecular formula is C12H20N2OS. The monoisotopic (exact) mass is 240 g/mol. The van der Waals surface area contributed by atoms with Gasteiger partial charge in [0.15, 0.2) is 0 Å². The maximum Gasteiger partial charge on any atom is 0.240 e. The van der Waals surface area contributed by atoms with Gasteiger partial charge in [0, 0.05) is 4.88 Å². The van der Waals surface area contributed by atoms with Gasteiger partial charge < -0.3 is 11.1 Å². The van der Waals surface area contributed by atoms with E-state index in [2.05, 4.69) is 5.32 Å². The van der Waals surface area contributed by atoms with Gasteiger partial charge in [0.2, 0.25) is 5.91 Å². The molecule has 0 spiro atoms. The largest absolute Gasteiger partial charge is 0.347 e. The van der Waals surface area contributed by atoms with Crippen molar-refractivity contribution in [2.24, 2.45) is 5.73 Å². The zero-order chi connectivity index (χ0) is 12.2. The molecule has 3 nitrogen and oxygen atoms in total. The average Bonchev–Trinajstić information content (AvgIpc) is 2.81. The van der Waals surface area contributed by atoms with E-state index in [1.165, 1.54) is 0 Å². The molecule has 0 aliphatic rings. The predicted octanol–water partition coefficient (Wildman–Crippen LogP) is 2.44. The molecule has 0 saturated carbocycles. The molecule has 1 atom stereocenters. The number of hydrogen-bond acceptors (Lipinski definition) is 3. The van der Waals surface area contributed by atoms with Gasteiger partial charge in [0.05, 0.1) is 11.6 Å². The molecule has 1 aromatic rings. The van der Waals surface area contributed by atoms with Crippen molar-refractivity contribution in [1.82, 2.24) is 5.32 Å². The van der Waals surface area contributed by atoms with Crippen molar-refractivity contribution >= 4 is 17.2 Å². The fourth-order valence-electron chi connectivity index (χ4n) is 1.52. The number of thiophene rings is 1. The number of nitrogens with two attached hydrogens (primary N) is 1. The van der Waals surface area contributed by atoms with Gasteiger partial charge in [-0.2, -0.15) is 0 Å². The van der Waals surface area contributed by atoms with Crippen LogP contribution >= 0.6 is 11.3 Å². The predicted molar refractivity (Wildman–Crippen MR) is 68.4 cm³/mol. The molecule has 0 aliphatic carbocycles. The Bertz CT molecular complexity index is 331. The highest BCUT2D eigenvalue weighted by atomic mass is 32.1. The third-order valence-corrected chi connectivity index (χ3v) is 4.09. The first kappa shape index (κ1) is 13.2. The molecule has 0 unspecified atom stereocenters. The Balaban J connectivity index is 2.64. The van der Waals surface area contributed by atoms with Gasteiger partial charge in [-0.25, -0.2) is 0 Å². The van der Waals surface area contributed by atoms with Gasteiger partial charge in [-0.1, -0.05) is 19.9 Å². The molecular weight excluding hydrogens is 220 g/mol. The molecule has 0 bridgehead atoms. The summed E-state index contributed by atoms with van der Waals surface area (Å²) < 4.78 is 0. The lowest BCUT2D eigenvalue weighted by Gasteiger charge is -2.27. The maximum atomic E-state index is 12.0. The molecule has 0 fully saturated rings. The van der Waals surface area contributed by atoms with Gasteiger partial charge >= 0.3 is 0 Å². The number of amides is 1. The number of carbonyl (C=O) groups is 1. The molecule has 3 N–H and O–H groups in total. The lowest BCUT2D eigenvalue weighted by molar-refractivity contribution is -0.127. The topological polar surface area (TPSA) is 55.1 Å². The second-order valence-corrected chi connectivity index (χ2v) is 5.05. The third kappa shape index (κ3) is 2.83. The summed E-state index contributed by atoms with van der Waals surface area (Å²) in [6, 6.07) is 4.04. The second-order valence-electron chi connectivity index (χ2n) is 4.07. The van der Waals surface area contributed by atoms with Crippen LogP contribution in [-0.2, 0) is 4.79 Å². The van der Waals surface area contributed by atoms with Crippen molar-refractivity contribution in [3.63, 3.8) is 0 Å². The Morgan fingerprint density at radius 3 is 2.62 bits per heavy atom. The first-order chi connectivity index (χ1) is 7.53. The highest BCUT2D eigenvalue weighted by Crippen LogP contribution is 2.20. The normalized spacial score (nSPS) is 13.5. The van der Waals surface area contributed by atoms with Crippen LogP contribution in [0.2, 0.25) is 0 Å². The third-order valence-electron chi connectivity index (χ3n) is 3.03. The molecule has 1 aromatic heterocycles. The van der Waals surface area contributed by atoms with E-state index in [1.54, 1.807) is 11.3 Å². The minimum absolute atomic E-state index is 0.0357. The lowest BCUT2D eigenvalue weighted by atomic mass is 9.93. The minimum atomic E-state index is -0.731. The van der Waals surface area contributed by atoms with Gasteiger partial charge in [-0.05, 0) is 31.2 Å². The van der Waals surface area contributed by atoms with E-state index >= 15 is 0 Å². The Labute approximate surface area is 101 Å². The highest BCUT2D eigenvalue weighted by Gasteiger charge is 2.30. The Hall–Kier alpha value is -0.870. The van der Waals surface area contributed by atoms with Crippen LogP contribution < -0.4 is 11.1 Å². The van der Waals surface area contributed by atoms with E-state index in [-0.39, 0.29) is 11.9 Å². The minimum Gasteiger partial charge on any atom is -0.347 e. The summed E-state index contributed by atoms with van der Waals surface area (Å²) in [6.07, 6.45) is 1.32. The summed E-state index contributed by atoms with van der Waals surface area (Å²) >= 11 is 1.64. The molecule has 4 heteroatoms. The van der Waals surface area contributed by atoms with Crippen molar-refractivity contribution in [3.8, 4) is 0 Å². The highest BCUT2D eigenvalue weighted by molar-refractivity contribution is 7.10. The molecule has 1 amide bonds. The van der Waals surface area contributed by atoms with E-state index in [1.807, 2.05) is 38.3 Å². The van der Waals surface area contributed by atoms with Gasteiger partial charge in [0.1, 0.15) is 0 Å². The summed E-state index contributed by atoms with van der Waals surface area (Å²) in [5.74, 6) is -0.0570. The van der Waals surface area contributed by atoms with Crippen LogP contribution in [0.15, 0.2) is 17.5 Å². The van der Waals surface area contributed by atoms with Gasteiger partial charge in [-0.3, -0.25) is 4.79 Å². The molecule has 0 radical (unpaired) electrons. The van der Waals surface area contributed by atoms with Crippen LogP contribution in [0.4, 0.5) is 0 Å². The zero-order valence-electron chi connectivity index (χ0n) is 10.1. The van der Waals surface area contributed by atoms with Crippen LogP contribution in [0, 0.1) is 0 Å². The number of carbonyl (C=O) groups excluding carboxylic acids is 1. The fourth-order valence-corrected chi connectivity index (χ4v) is 2.25. The second kappa shape index (κ2) is 5.46. The van der Waals surface area contributed by atoms with Crippen molar-refractivity contribution < 1.29 is 4.79 Å². The van der Waals surface area contributed by atoms with Crippen molar-refractivity contribution in [1.29, 1.82) is 0 Å². The smallest absolute Gasteiger partial charge is 0.240 e. The van der Waals surface area contributed by atoms with Gasteiger partial charge in [0.25, 0.3) is 0 Å². The van der Waals surface area contributed by atoms with Crippen LogP contribution in [0.5, 0.6) is 0 Å². The quantitative estimate of drug-likeness (QED) is 0.830.